The normalized spacial score (nSPS) is 23.0. The van der Waals surface area contributed by atoms with E-state index in [9.17, 15) is 39.8 Å². The Morgan fingerprint density at radius 1 is 0.552 bits per heavy atom. The van der Waals surface area contributed by atoms with Crippen molar-refractivity contribution in [1.29, 1.82) is 0 Å². The van der Waals surface area contributed by atoms with Gasteiger partial charge < -0.3 is 39.9 Å². The molecule has 0 aromatic carbocycles. The molecule has 0 bridgehead atoms. The summed E-state index contributed by atoms with van der Waals surface area (Å²) in [5, 5.41) is 50.1. The van der Waals surface area contributed by atoms with Crippen LogP contribution in [0.15, 0.2) is 36.5 Å². The minimum Gasteiger partial charge on any atom is -0.457 e. The number of esters is 1. The lowest BCUT2D eigenvalue weighted by Gasteiger charge is -2.41. The molecule has 1 saturated carbocycles. The van der Waals surface area contributed by atoms with Crippen LogP contribution in [0.1, 0.15) is 181 Å². The van der Waals surface area contributed by atoms with E-state index in [0.717, 1.165) is 70.6 Å². The quantitative estimate of drug-likeness (QED) is 0.0150. The van der Waals surface area contributed by atoms with Crippen molar-refractivity contribution in [2.75, 3.05) is 19.8 Å². The third-order valence-electron chi connectivity index (χ3n) is 10.5. The SMILES string of the molecule is CCCCCCC/C=C\C/C=C\C/C=C\CCCCCCCCC(=O)OC(COCCCCCCCCCCCC)COP(=O)(O)OC1C(O)C(O)C(O)C(O)C1O. The van der Waals surface area contributed by atoms with Gasteiger partial charge >= 0.3 is 13.8 Å². The number of rotatable bonds is 38. The Bertz CT molecular complexity index is 1100. The van der Waals surface area contributed by atoms with E-state index >= 15 is 0 Å². The Hall–Kier alpha value is -1.44. The van der Waals surface area contributed by atoms with E-state index in [1.54, 1.807) is 0 Å². The summed E-state index contributed by atoms with van der Waals surface area (Å²) >= 11 is 0. The molecule has 0 saturated heterocycles. The molecular weight excluding hydrogens is 763 g/mol. The Morgan fingerprint density at radius 2 is 0.966 bits per heavy atom. The number of phosphoric ester groups is 1. The highest BCUT2D eigenvalue weighted by Gasteiger charge is 2.51. The molecule has 0 aromatic rings. The summed E-state index contributed by atoms with van der Waals surface area (Å²) in [4.78, 5) is 23.1. The molecule has 0 radical (unpaired) electrons. The van der Waals surface area contributed by atoms with Crippen LogP contribution < -0.4 is 0 Å². The molecule has 0 amide bonds. The van der Waals surface area contributed by atoms with E-state index in [-0.39, 0.29) is 13.0 Å². The molecule has 6 unspecified atom stereocenters. The second-order valence-electron chi connectivity index (χ2n) is 15.9. The van der Waals surface area contributed by atoms with Gasteiger partial charge in [-0.05, 0) is 51.4 Å². The van der Waals surface area contributed by atoms with Crippen molar-refractivity contribution in [3.05, 3.63) is 36.5 Å². The zero-order valence-electron chi connectivity index (χ0n) is 36.1. The fourth-order valence-corrected chi connectivity index (χ4v) is 7.81. The minimum atomic E-state index is -5.02. The Kier molecular flexibility index (Phi) is 34.1. The molecule has 1 rings (SSSR count). The van der Waals surface area contributed by atoms with Gasteiger partial charge in [0, 0.05) is 13.0 Å². The third kappa shape index (κ3) is 28.2. The van der Waals surface area contributed by atoms with Gasteiger partial charge in [0.25, 0.3) is 0 Å². The molecule has 0 spiro atoms. The summed E-state index contributed by atoms with van der Waals surface area (Å²) in [6.45, 7) is 4.22. The number of carbonyl (C=O) groups is 1. The second-order valence-corrected chi connectivity index (χ2v) is 17.3. The monoisotopic (exact) mass is 847 g/mol. The molecule has 58 heavy (non-hydrogen) atoms. The highest BCUT2D eigenvalue weighted by atomic mass is 31.2. The molecule has 340 valence electrons. The van der Waals surface area contributed by atoms with Gasteiger partial charge in [-0.2, -0.15) is 0 Å². The maximum Gasteiger partial charge on any atom is 0.472 e. The van der Waals surface area contributed by atoms with E-state index < -0.39 is 63.1 Å². The molecule has 12 nitrogen and oxygen atoms in total. The minimum absolute atomic E-state index is 0.0805. The van der Waals surface area contributed by atoms with Gasteiger partial charge in [0.05, 0.1) is 13.2 Å². The standard InChI is InChI=1S/C45H83O12P/c1-3-5-7-9-11-13-15-16-17-18-19-20-21-22-23-24-25-26-28-30-32-34-39(46)56-38(36-54-35-33-31-29-27-14-12-10-8-6-4-2)37-55-58(52,53)57-45-43(50)41(48)40(47)42(49)44(45)51/h15-16,18-19,21-22,38,40-45,47-51H,3-14,17,20,23-37H2,1-2H3,(H,52,53)/b16-15-,19-18-,22-21-. The molecule has 6 N–H and O–H groups in total. The highest BCUT2D eigenvalue weighted by Crippen LogP contribution is 2.47. The number of unbranched alkanes of at least 4 members (excludes halogenated alkanes) is 20. The first-order valence-electron chi connectivity index (χ1n) is 22.8. The smallest absolute Gasteiger partial charge is 0.457 e. The number of allylic oxidation sites excluding steroid dienone is 6. The number of hydrogen-bond acceptors (Lipinski definition) is 11. The van der Waals surface area contributed by atoms with Crippen LogP contribution in [-0.2, 0) is 27.9 Å². The van der Waals surface area contributed by atoms with Crippen molar-refractivity contribution >= 4 is 13.8 Å². The van der Waals surface area contributed by atoms with Crippen molar-refractivity contribution in [1.82, 2.24) is 0 Å². The molecule has 0 aromatic heterocycles. The summed E-state index contributed by atoms with van der Waals surface area (Å²) in [7, 11) is -5.02. The van der Waals surface area contributed by atoms with E-state index in [4.69, 9.17) is 18.5 Å². The number of aliphatic hydroxyl groups excluding tert-OH is 5. The Labute approximate surface area is 351 Å². The zero-order chi connectivity index (χ0) is 42.7. The number of aliphatic hydroxyl groups is 5. The van der Waals surface area contributed by atoms with Crippen LogP contribution in [0, 0.1) is 0 Å². The van der Waals surface area contributed by atoms with Crippen LogP contribution in [0.2, 0.25) is 0 Å². The number of carbonyl (C=O) groups excluding carboxylic acids is 1. The van der Waals surface area contributed by atoms with Crippen molar-refractivity contribution in [2.24, 2.45) is 0 Å². The van der Waals surface area contributed by atoms with Gasteiger partial charge in [-0.1, -0.05) is 159 Å². The van der Waals surface area contributed by atoms with Crippen molar-refractivity contribution in [3.63, 3.8) is 0 Å². The molecule has 1 aliphatic rings. The maximum absolute atomic E-state index is 12.8. The highest BCUT2D eigenvalue weighted by molar-refractivity contribution is 7.47. The molecule has 0 heterocycles. The molecule has 1 aliphatic carbocycles. The first kappa shape index (κ1) is 54.6. The summed E-state index contributed by atoms with van der Waals surface area (Å²) in [6.07, 6.45) is 29.3. The third-order valence-corrected chi connectivity index (χ3v) is 11.5. The van der Waals surface area contributed by atoms with Gasteiger partial charge in [-0.15, -0.1) is 0 Å². The first-order chi connectivity index (χ1) is 28.0. The van der Waals surface area contributed by atoms with E-state index in [0.29, 0.717) is 13.0 Å². The van der Waals surface area contributed by atoms with Crippen molar-refractivity contribution in [3.8, 4) is 0 Å². The van der Waals surface area contributed by atoms with Gasteiger partial charge in [-0.25, -0.2) is 4.57 Å². The molecular formula is C45H83O12P. The van der Waals surface area contributed by atoms with Crippen LogP contribution >= 0.6 is 7.82 Å². The lowest BCUT2D eigenvalue weighted by Crippen LogP contribution is -2.64. The van der Waals surface area contributed by atoms with Gasteiger partial charge in [0.2, 0.25) is 0 Å². The molecule has 0 aliphatic heterocycles. The first-order valence-corrected chi connectivity index (χ1v) is 24.3. The lowest BCUT2D eigenvalue weighted by atomic mass is 9.85. The average Bonchev–Trinajstić information content (AvgIpc) is 3.21. The van der Waals surface area contributed by atoms with Gasteiger partial charge in [0.15, 0.2) is 0 Å². The number of hydrogen-bond donors (Lipinski definition) is 6. The predicted octanol–water partition coefficient (Wildman–Crippen LogP) is 9.09. The lowest BCUT2D eigenvalue weighted by molar-refractivity contribution is -0.220. The predicted molar refractivity (Wildman–Crippen MR) is 230 cm³/mol. The van der Waals surface area contributed by atoms with Crippen molar-refractivity contribution in [2.45, 2.75) is 224 Å². The summed E-state index contributed by atoms with van der Waals surface area (Å²) in [5.41, 5.74) is 0. The fraction of sp³-hybridized carbons (Fsp3) is 0.844. The van der Waals surface area contributed by atoms with Gasteiger partial charge in [-0.3, -0.25) is 13.8 Å². The number of phosphoric acid groups is 1. The van der Waals surface area contributed by atoms with Crippen LogP contribution in [0.25, 0.3) is 0 Å². The summed E-state index contributed by atoms with van der Waals surface area (Å²) < 4.78 is 34.1. The van der Waals surface area contributed by atoms with Gasteiger partial charge in [0.1, 0.15) is 42.7 Å². The largest absolute Gasteiger partial charge is 0.472 e. The number of ether oxygens (including phenoxy) is 2. The van der Waals surface area contributed by atoms with Crippen LogP contribution in [0.5, 0.6) is 0 Å². The molecule has 13 heteroatoms. The summed E-state index contributed by atoms with van der Waals surface area (Å²) in [5.74, 6) is -0.490. The van der Waals surface area contributed by atoms with Crippen LogP contribution in [0.3, 0.4) is 0 Å². The average molecular weight is 847 g/mol. The van der Waals surface area contributed by atoms with E-state index in [1.807, 2.05) is 0 Å². The Balaban J connectivity index is 2.37. The summed E-state index contributed by atoms with van der Waals surface area (Å²) in [6, 6.07) is 0. The zero-order valence-corrected chi connectivity index (χ0v) is 37.0. The maximum atomic E-state index is 12.8. The molecule has 1 fully saturated rings. The van der Waals surface area contributed by atoms with Crippen LogP contribution in [-0.4, -0.2) is 98.9 Å². The van der Waals surface area contributed by atoms with E-state index in [2.05, 4.69) is 50.3 Å². The molecule has 6 atom stereocenters. The van der Waals surface area contributed by atoms with E-state index in [1.165, 1.54) is 83.5 Å². The topological polar surface area (TPSA) is 192 Å². The van der Waals surface area contributed by atoms with Crippen molar-refractivity contribution < 1.29 is 58.3 Å². The van der Waals surface area contributed by atoms with Crippen LogP contribution in [0.4, 0.5) is 0 Å². The second kappa shape index (κ2) is 36.2. The Morgan fingerprint density at radius 3 is 1.47 bits per heavy atom. The fourth-order valence-electron chi connectivity index (χ4n) is 6.83.